The van der Waals surface area contributed by atoms with E-state index in [0.29, 0.717) is 0 Å². The first-order valence-corrected chi connectivity index (χ1v) is 4.52. The first-order chi connectivity index (χ1) is 2.64. The minimum atomic E-state index is 0.227. The third kappa shape index (κ3) is 4.09. The summed E-state index contributed by atoms with van der Waals surface area (Å²) < 4.78 is 1.19. The highest BCUT2D eigenvalue weighted by Gasteiger charge is 2.06. The zero-order valence-corrected chi connectivity index (χ0v) is 8.93. The summed E-state index contributed by atoms with van der Waals surface area (Å²) >= 11 is 12.8. The molecule has 0 bridgehead atoms. The number of halogens is 4. The van der Waals surface area contributed by atoms with Crippen LogP contribution in [0.4, 0.5) is 0 Å². The second kappa shape index (κ2) is 3.87. The molecular weight excluding hydrogens is 344 g/mol. The number of rotatable bonds is 1. The molecule has 4 heteroatoms. The molecule has 0 nitrogen and oxygen atoms in total. The van der Waals surface area contributed by atoms with Gasteiger partial charge in [-0.3, -0.25) is 0 Å². The summed E-state index contributed by atoms with van der Waals surface area (Å²) in [5.41, 5.74) is 0. The van der Waals surface area contributed by atoms with Gasteiger partial charge in [-0.15, -0.1) is 0 Å². The highest BCUT2D eigenvalue weighted by Crippen LogP contribution is 2.31. The molecule has 1 radical (unpaired) electrons. The molecule has 6 heavy (non-hydrogen) atoms. The maximum atomic E-state index is 3.22. The summed E-state index contributed by atoms with van der Waals surface area (Å²) in [4.78, 5) is 0. The van der Waals surface area contributed by atoms with Crippen molar-refractivity contribution < 1.29 is 0 Å². The van der Waals surface area contributed by atoms with E-state index in [1.54, 1.807) is 0 Å². The molecule has 0 aromatic rings. The Morgan fingerprint density at radius 1 is 1.17 bits per heavy atom. The first-order valence-electron chi connectivity index (χ1n) is 1.10. The molecule has 0 amide bonds. The Hall–Kier alpha value is 1.92. The van der Waals surface area contributed by atoms with Gasteiger partial charge in [0.1, 0.15) is 3.74 Å². The molecule has 37 valence electrons. The second-order valence-electron chi connectivity index (χ2n) is 0.590. The van der Waals surface area contributed by atoms with Gasteiger partial charge in [-0.05, 0) is 0 Å². The van der Waals surface area contributed by atoms with E-state index >= 15 is 0 Å². The van der Waals surface area contributed by atoms with Crippen LogP contribution in [0.1, 0.15) is 0 Å². The Labute approximate surface area is 70.6 Å². The molecule has 0 heterocycles. The van der Waals surface area contributed by atoms with Crippen LogP contribution in [0.5, 0.6) is 0 Å². The summed E-state index contributed by atoms with van der Waals surface area (Å²) in [6.07, 6.45) is 0. The van der Waals surface area contributed by atoms with Crippen LogP contribution < -0.4 is 0 Å². The van der Waals surface area contributed by atoms with E-state index < -0.39 is 0 Å². The third-order valence-electron chi connectivity index (χ3n) is 0.165. The van der Waals surface area contributed by atoms with Crippen LogP contribution in [0.25, 0.3) is 0 Å². The van der Waals surface area contributed by atoms with Gasteiger partial charge in [0.2, 0.25) is 0 Å². The summed E-state index contributed by atoms with van der Waals surface area (Å²) in [5.74, 6) is 0. The summed E-state index contributed by atoms with van der Waals surface area (Å²) in [6, 6.07) is 0. The van der Waals surface area contributed by atoms with Crippen LogP contribution in [-0.4, -0.2) is 3.74 Å². The maximum absolute atomic E-state index is 3.22. The van der Waals surface area contributed by atoms with Crippen LogP contribution in [0, 0.1) is 3.74 Å². The van der Waals surface area contributed by atoms with Gasteiger partial charge in [-0.25, -0.2) is 0 Å². The van der Waals surface area contributed by atoms with E-state index in [0.717, 1.165) is 3.74 Å². The Morgan fingerprint density at radius 3 is 1.33 bits per heavy atom. The highest BCUT2D eigenvalue weighted by atomic mass is 79.9. The molecule has 0 saturated heterocycles. The van der Waals surface area contributed by atoms with Crippen molar-refractivity contribution in [2.45, 2.75) is 3.74 Å². The van der Waals surface area contributed by atoms with Gasteiger partial charge in [0, 0.05) is 0 Å². The molecule has 0 aliphatic rings. The Bertz CT molecular complexity index is 26.5. The molecular formula is C2HBr4. The van der Waals surface area contributed by atoms with Crippen LogP contribution in [0.15, 0.2) is 0 Å². The predicted octanol–water partition coefficient (Wildman–Crippen LogP) is 3.38. The normalized spacial score (nSPS) is 11.0. The van der Waals surface area contributed by atoms with E-state index in [-0.39, 0.29) is 3.74 Å². The molecule has 0 aliphatic carbocycles. The van der Waals surface area contributed by atoms with E-state index in [9.17, 15) is 0 Å². The largest absolute Gasteiger partial charge is 0.129 e. The lowest BCUT2D eigenvalue weighted by molar-refractivity contribution is 1.68. The molecule has 0 aliphatic heterocycles. The van der Waals surface area contributed by atoms with E-state index in [1.807, 2.05) is 0 Å². The lowest BCUT2D eigenvalue weighted by atomic mass is 11.0. The van der Waals surface area contributed by atoms with Crippen LogP contribution in [0.3, 0.4) is 0 Å². The monoisotopic (exact) mass is 341 g/mol. The standard InChI is InChI=1S/C2HBr4/c3-1(4)2(5)6/h1H. The molecule has 0 N–H and O–H groups in total. The van der Waals surface area contributed by atoms with Crippen LogP contribution in [-0.2, 0) is 0 Å². The van der Waals surface area contributed by atoms with Gasteiger partial charge in [-0.1, -0.05) is 63.7 Å². The fourth-order valence-electron chi connectivity index (χ4n) is 0. The van der Waals surface area contributed by atoms with Crippen molar-refractivity contribution in [3.8, 4) is 0 Å². The van der Waals surface area contributed by atoms with E-state index in [1.165, 1.54) is 0 Å². The fourth-order valence-corrected chi connectivity index (χ4v) is 0. The van der Waals surface area contributed by atoms with E-state index in [4.69, 9.17) is 0 Å². The van der Waals surface area contributed by atoms with Gasteiger partial charge in [0.25, 0.3) is 0 Å². The Kier molecular flexibility index (Phi) is 5.10. The molecule has 0 unspecified atom stereocenters. The Balaban J connectivity index is 2.99. The molecule has 0 aromatic carbocycles. The fraction of sp³-hybridized carbons (Fsp3) is 0.500. The molecule has 0 atom stereocenters. The number of hydrogen-bond acceptors (Lipinski definition) is 0. The third-order valence-corrected chi connectivity index (χ3v) is 4.45. The highest BCUT2D eigenvalue weighted by molar-refractivity contribution is 9.31. The summed E-state index contributed by atoms with van der Waals surface area (Å²) in [7, 11) is 0. The van der Waals surface area contributed by atoms with Gasteiger partial charge < -0.3 is 0 Å². The molecule has 0 rings (SSSR count). The van der Waals surface area contributed by atoms with Gasteiger partial charge in [0.05, 0.1) is 3.74 Å². The van der Waals surface area contributed by atoms with Crippen molar-refractivity contribution in [1.29, 1.82) is 0 Å². The lowest BCUT2D eigenvalue weighted by Crippen LogP contribution is -1.82. The number of alkyl halides is 2. The summed E-state index contributed by atoms with van der Waals surface area (Å²) in [5, 5.41) is 0. The lowest BCUT2D eigenvalue weighted by Gasteiger charge is -1.95. The molecule has 0 aromatic heterocycles. The van der Waals surface area contributed by atoms with Crippen LogP contribution >= 0.6 is 63.7 Å². The Morgan fingerprint density at radius 2 is 1.33 bits per heavy atom. The molecule has 0 spiro atoms. The topological polar surface area (TPSA) is 0 Å². The van der Waals surface area contributed by atoms with Crippen molar-refractivity contribution in [3.05, 3.63) is 3.74 Å². The van der Waals surface area contributed by atoms with Crippen molar-refractivity contribution in [2.24, 2.45) is 0 Å². The van der Waals surface area contributed by atoms with Crippen molar-refractivity contribution in [1.82, 2.24) is 0 Å². The van der Waals surface area contributed by atoms with Gasteiger partial charge >= 0.3 is 0 Å². The SMILES string of the molecule is Br[C](Br)C(Br)Br. The minimum absolute atomic E-state index is 0.227. The summed E-state index contributed by atoms with van der Waals surface area (Å²) in [6.45, 7) is 0. The van der Waals surface area contributed by atoms with Crippen molar-refractivity contribution in [2.75, 3.05) is 0 Å². The second-order valence-corrected chi connectivity index (χ2v) is 6.42. The average molecular weight is 345 g/mol. The van der Waals surface area contributed by atoms with Crippen LogP contribution in [0.2, 0.25) is 0 Å². The molecule has 0 fully saturated rings. The van der Waals surface area contributed by atoms with E-state index in [2.05, 4.69) is 63.7 Å². The molecule has 0 saturated carbocycles. The number of hydrogen-bond donors (Lipinski definition) is 0. The predicted molar refractivity (Wildman–Crippen MR) is 42.7 cm³/mol. The average Bonchev–Trinajstić information content (AvgIpc) is 1.36. The van der Waals surface area contributed by atoms with Gasteiger partial charge in [0.15, 0.2) is 0 Å². The maximum Gasteiger partial charge on any atom is 0.129 e. The zero-order valence-electron chi connectivity index (χ0n) is 2.59. The van der Waals surface area contributed by atoms with Crippen molar-refractivity contribution in [3.63, 3.8) is 0 Å². The van der Waals surface area contributed by atoms with Gasteiger partial charge in [-0.2, -0.15) is 0 Å². The smallest absolute Gasteiger partial charge is 0.0739 e. The minimum Gasteiger partial charge on any atom is -0.0739 e. The quantitative estimate of drug-likeness (QED) is 0.640. The van der Waals surface area contributed by atoms with Crippen molar-refractivity contribution >= 4 is 63.7 Å². The zero-order chi connectivity index (χ0) is 5.15. The first kappa shape index (κ1) is 7.92.